The van der Waals surface area contributed by atoms with E-state index in [-0.39, 0.29) is 0 Å². The van der Waals surface area contributed by atoms with E-state index in [4.69, 9.17) is 4.74 Å². The number of rotatable bonds is 9. The molecule has 0 spiro atoms. The van der Waals surface area contributed by atoms with Gasteiger partial charge in [-0.1, -0.05) is 25.1 Å². The van der Waals surface area contributed by atoms with Crippen molar-refractivity contribution in [2.24, 2.45) is 5.92 Å². The van der Waals surface area contributed by atoms with E-state index in [1.54, 1.807) is 7.11 Å². The van der Waals surface area contributed by atoms with Crippen molar-refractivity contribution in [2.45, 2.75) is 19.8 Å². The van der Waals surface area contributed by atoms with Crippen LogP contribution in [0.4, 0.5) is 0 Å². The predicted octanol–water partition coefficient (Wildman–Crippen LogP) is 3.22. The lowest BCUT2D eigenvalue weighted by atomic mass is 9.96. The number of hydrogen-bond acceptors (Lipinski definition) is 3. The molecule has 0 aliphatic heterocycles. The fourth-order valence-electron chi connectivity index (χ4n) is 2.09. The second kappa shape index (κ2) is 9.29. The topological polar surface area (TPSA) is 21.3 Å². The molecule has 1 unspecified atom stereocenters. The number of para-hydroxylation sites is 1. The molecule has 18 heavy (non-hydrogen) atoms. The molecule has 1 rings (SSSR count). The highest BCUT2D eigenvalue weighted by atomic mass is 32.2. The van der Waals surface area contributed by atoms with Crippen LogP contribution in [0, 0.1) is 5.92 Å². The maximum Gasteiger partial charge on any atom is 0.122 e. The van der Waals surface area contributed by atoms with E-state index in [0.29, 0.717) is 5.92 Å². The van der Waals surface area contributed by atoms with Crippen LogP contribution < -0.4 is 10.1 Å². The quantitative estimate of drug-likeness (QED) is 0.742. The molecule has 0 aliphatic carbocycles. The summed E-state index contributed by atoms with van der Waals surface area (Å²) < 4.78 is 5.43. The summed E-state index contributed by atoms with van der Waals surface area (Å²) in [6.45, 7) is 4.30. The van der Waals surface area contributed by atoms with Crippen molar-refractivity contribution in [3.63, 3.8) is 0 Å². The first-order valence-electron chi connectivity index (χ1n) is 6.63. The van der Waals surface area contributed by atoms with Crippen LogP contribution in [0.25, 0.3) is 0 Å². The first-order valence-corrected chi connectivity index (χ1v) is 8.02. The van der Waals surface area contributed by atoms with Crippen LogP contribution in [0.2, 0.25) is 0 Å². The number of methoxy groups -OCH3 is 1. The minimum Gasteiger partial charge on any atom is -0.496 e. The van der Waals surface area contributed by atoms with Crippen LogP contribution >= 0.6 is 11.8 Å². The average molecular weight is 267 g/mol. The summed E-state index contributed by atoms with van der Waals surface area (Å²) in [4.78, 5) is 0. The third kappa shape index (κ3) is 5.32. The summed E-state index contributed by atoms with van der Waals surface area (Å²) in [5.74, 6) is 2.93. The maximum absolute atomic E-state index is 5.43. The monoisotopic (exact) mass is 267 g/mol. The summed E-state index contributed by atoms with van der Waals surface area (Å²) in [5, 5.41) is 3.46. The molecule has 0 saturated carbocycles. The lowest BCUT2D eigenvalue weighted by Crippen LogP contribution is -2.24. The van der Waals surface area contributed by atoms with E-state index in [1.807, 2.05) is 23.9 Å². The van der Waals surface area contributed by atoms with E-state index < -0.39 is 0 Å². The third-order valence-electron chi connectivity index (χ3n) is 3.11. The molecule has 0 bridgehead atoms. The Morgan fingerprint density at radius 3 is 2.78 bits per heavy atom. The summed E-state index contributed by atoms with van der Waals surface area (Å²) in [7, 11) is 1.75. The maximum atomic E-state index is 5.43. The average Bonchev–Trinajstić information content (AvgIpc) is 2.42. The first-order chi connectivity index (χ1) is 8.81. The van der Waals surface area contributed by atoms with Gasteiger partial charge in [0, 0.05) is 0 Å². The molecule has 0 amide bonds. The van der Waals surface area contributed by atoms with Gasteiger partial charge in [-0.2, -0.15) is 11.8 Å². The molecule has 1 atom stereocenters. The lowest BCUT2D eigenvalue weighted by Gasteiger charge is -2.18. The molecule has 0 heterocycles. The van der Waals surface area contributed by atoms with Gasteiger partial charge in [0.2, 0.25) is 0 Å². The van der Waals surface area contributed by atoms with E-state index in [2.05, 4.69) is 30.6 Å². The van der Waals surface area contributed by atoms with E-state index in [1.165, 1.54) is 17.7 Å². The molecule has 1 N–H and O–H groups in total. The summed E-state index contributed by atoms with van der Waals surface area (Å²) in [5.41, 5.74) is 1.32. The van der Waals surface area contributed by atoms with Gasteiger partial charge >= 0.3 is 0 Å². The van der Waals surface area contributed by atoms with E-state index >= 15 is 0 Å². The van der Waals surface area contributed by atoms with Gasteiger partial charge in [0.05, 0.1) is 7.11 Å². The largest absolute Gasteiger partial charge is 0.496 e. The summed E-state index contributed by atoms with van der Waals surface area (Å²) >= 11 is 1.92. The number of hydrogen-bond donors (Lipinski definition) is 1. The molecule has 0 radical (unpaired) electrons. The molecule has 102 valence electrons. The van der Waals surface area contributed by atoms with Crippen molar-refractivity contribution < 1.29 is 4.74 Å². The van der Waals surface area contributed by atoms with Crippen molar-refractivity contribution in [1.29, 1.82) is 0 Å². The Labute approximate surface area is 116 Å². The molecule has 3 heteroatoms. The van der Waals surface area contributed by atoms with Gasteiger partial charge in [0.15, 0.2) is 0 Å². The Morgan fingerprint density at radius 1 is 1.33 bits per heavy atom. The summed E-state index contributed by atoms with van der Waals surface area (Å²) in [6, 6.07) is 8.35. The number of thioether (sulfide) groups is 1. The van der Waals surface area contributed by atoms with Crippen LogP contribution in [0.15, 0.2) is 24.3 Å². The fourth-order valence-corrected chi connectivity index (χ4v) is 2.66. The van der Waals surface area contributed by atoms with Crippen molar-refractivity contribution in [1.82, 2.24) is 5.32 Å². The van der Waals surface area contributed by atoms with Crippen LogP contribution in [-0.2, 0) is 6.42 Å². The molecule has 2 nitrogen and oxygen atoms in total. The Morgan fingerprint density at radius 2 is 2.11 bits per heavy atom. The van der Waals surface area contributed by atoms with Crippen LogP contribution in [0.5, 0.6) is 5.75 Å². The normalized spacial score (nSPS) is 12.4. The predicted molar refractivity (Wildman–Crippen MR) is 81.7 cm³/mol. The Balaban J connectivity index is 2.62. The van der Waals surface area contributed by atoms with Crippen molar-refractivity contribution in [3.8, 4) is 5.75 Å². The highest BCUT2D eigenvalue weighted by Gasteiger charge is 2.11. The van der Waals surface area contributed by atoms with Gasteiger partial charge in [0.1, 0.15) is 5.75 Å². The highest BCUT2D eigenvalue weighted by molar-refractivity contribution is 7.98. The first kappa shape index (κ1) is 15.4. The number of benzene rings is 1. The summed E-state index contributed by atoms with van der Waals surface area (Å²) in [6.07, 6.45) is 4.52. The zero-order valence-corrected chi connectivity index (χ0v) is 12.6. The van der Waals surface area contributed by atoms with Crippen molar-refractivity contribution in [2.75, 3.05) is 32.2 Å². The molecule has 0 saturated heterocycles. The molecule has 1 aromatic rings. The van der Waals surface area contributed by atoms with E-state index in [9.17, 15) is 0 Å². The molecule has 0 aliphatic rings. The molecule has 1 aromatic carbocycles. The van der Waals surface area contributed by atoms with Crippen LogP contribution in [-0.4, -0.2) is 32.2 Å². The zero-order chi connectivity index (χ0) is 13.2. The van der Waals surface area contributed by atoms with Gasteiger partial charge < -0.3 is 10.1 Å². The number of ether oxygens (including phenoxy) is 1. The standard InChI is InChI=1S/C15H25NOS/c1-4-16-12-13(9-10-18-3)11-14-7-5-6-8-15(14)17-2/h5-8,13,16H,4,9-12H2,1-3H3. The highest BCUT2D eigenvalue weighted by Crippen LogP contribution is 2.22. The van der Waals surface area contributed by atoms with Gasteiger partial charge in [-0.3, -0.25) is 0 Å². The van der Waals surface area contributed by atoms with Crippen molar-refractivity contribution >= 4 is 11.8 Å². The molecule has 0 aromatic heterocycles. The SMILES string of the molecule is CCNCC(CCSC)Cc1ccccc1OC. The smallest absolute Gasteiger partial charge is 0.122 e. The van der Waals surface area contributed by atoms with Gasteiger partial charge in [-0.05, 0) is 55.5 Å². The Bertz CT molecular complexity index is 322. The second-order valence-corrected chi connectivity index (χ2v) is 5.46. The second-order valence-electron chi connectivity index (χ2n) is 4.47. The molecular formula is C15H25NOS. The van der Waals surface area contributed by atoms with E-state index in [0.717, 1.165) is 25.3 Å². The lowest BCUT2D eigenvalue weighted by molar-refractivity contribution is 0.400. The van der Waals surface area contributed by atoms with Gasteiger partial charge in [-0.25, -0.2) is 0 Å². The minimum absolute atomic E-state index is 0.689. The van der Waals surface area contributed by atoms with Crippen LogP contribution in [0.1, 0.15) is 18.9 Å². The number of nitrogens with one attached hydrogen (secondary N) is 1. The Kier molecular flexibility index (Phi) is 7.94. The van der Waals surface area contributed by atoms with Gasteiger partial charge in [0.25, 0.3) is 0 Å². The molecule has 0 fully saturated rings. The Hall–Kier alpha value is -0.670. The zero-order valence-electron chi connectivity index (χ0n) is 11.7. The molecular weight excluding hydrogens is 242 g/mol. The van der Waals surface area contributed by atoms with Crippen molar-refractivity contribution in [3.05, 3.63) is 29.8 Å². The fraction of sp³-hybridized carbons (Fsp3) is 0.600. The van der Waals surface area contributed by atoms with Crippen LogP contribution in [0.3, 0.4) is 0 Å². The van der Waals surface area contributed by atoms with Gasteiger partial charge in [-0.15, -0.1) is 0 Å². The minimum atomic E-state index is 0.689. The third-order valence-corrected chi connectivity index (χ3v) is 3.76.